The second-order valence-corrected chi connectivity index (χ2v) is 9.08. The van der Waals surface area contributed by atoms with E-state index in [2.05, 4.69) is 5.32 Å². The highest BCUT2D eigenvalue weighted by atomic mass is 35.5. The molecular weight excluding hydrogens is 466 g/mol. The molecule has 33 heavy (non-hydrogen) atoms. The van der Waals surface area contributed by atoms with Gasteiger partial charge in [-0.2, -0.15) is 0 Å². The monoisotopic (exact) mass is 490 g/mol. The van der Waals surface area contributed by atoms with Crippen molar-refractivity contribution in [3.8, 4) is 0 Å². The Kier molecular flexibility index (Phi) is 7.25. The molecule has 3 aromatic rings. The van der Waals surface area contributed by atoms with E-state index in [1.807, 2.05) is 22.8 Å². The Morgan fingerprint density at radius 2 is 2.06 bits per heavy atom. The number of esters is 1. The minimum absolute atomic E-state index is 0.0156. The average Bonchev–Trinajstić information content (AvgIpc) is 3.05. The molecule has 1 aromatic heterocycles. The fraction of sp³-hybridized carbons (Fsp3) is 0.360. The van der Waals surface area contributed by atoms with Gasteiger partial charge in [0.25, 0.3) is 0 Å². The molecule has 0 saturated heterocycles. The van der Waals surface area contributed by atoms with Gasteiger partial charge in [0.05, 0.1) is 17.1 Å². The van der Waals surface area contributed by atoms with Gasteiger partial charge in [0.1, 0.15) is 12.4 Å². The number of nitrogens with one attached hydrogen (secondary N) is 1. The van der Waals surface area contributed by atoms with Crippen LogP contribution in [0.2, 0.25) is 10.0 Å². The van der Waals surface area contributed by atoms with E-state index < -0.39 is 5.82 Å². The minimum Gasteiger partial charge on any atom is -0.465 e. The molecule has 1 aliphatic carbocycles. The maximum atomic E-state index is 14.2. The van der Waals surface area contributed by atoms with E-state index in [1.54, 1.807) is 13.0 Å². The zero-order valence-electron chi connectivity index (χ0n) is 18.3. The van der Waals surface area contributed by atoms with Crippen molar-refractivity contribution in [2.24, 2.45) is 0 Å². The van der Waals surface area contributed by atoms with Crippen LogP contribution in [0, 0.1) is 5.82 Å². The summed E-state index contributed by atoms with van der Waals surface area (Å²) in [6.45, 7) is 2.05. The summed E-state index contributed by atoms with van der Waals surface area (Å²) in [5.41, 5.74) is 3.50. The van der Waals surface area contributed by atoms with Crippen LogP contribution >= 0.6 is 23.2 Å². The van der Waals surface area contributed by atoms with Crippen molar-refractivity contribution < 1.29 is 18.7 Å². The molecule has 0 bridgehead atoms. The van der Waals surface area contributed by atoms with E-state index in [9.17, 15) is 14.0 Å². The summed E-state index contributed by atoms with van der Waals surface area (Å²) in [4.78, 5) is 24.8. The molecule has 1 atom stereocenters. The van der Waals surface area contributed by atoms with Crippen LogP contribution in [0.4, 0.5) is 4.39 Å². The number of benzene rings is 2. The van der Waals surface area contributed by atoms with Crippen LogP contribution in [0.3, 0.4) is 0 Å². The van der Waals surface area contributed by atoms with Crippen molar-refractivity contribution in [3.63, 3.8) is 0 Å². The molecule has 5 nitrogen and oxygen atoms in total. The highest BCUT2D eigenvalue weighted by molar-refractivity contribution is 6.35. The third-order valence-corrected chi connectivity index (χ3v) is 6.49. The third kappa shape index (κ3) is 5.33. The van der Waals surface area contributed by atoms with Crippen LogP contribution in [0.25, 0.3) is 10.9 Å². The molecule has 1 N–H and O–H groups in total. The predicted octanol–water partition coefficient (Wildman–Crippen LogP) is 5.26. The Morgan fingerprint density at radius 3 is 2.82 bits per heavy atom. The molecule has 0 aliphatic heterocycles. The summed E-state index contributed by atoms with van der Waals surface area (Å²) >= 11 is 12.4. The SMILES string of the molecule is CCOC(=O)Cn1c2c(c3cc(F)cc(Cl)c31)CC(NC(=O)CCc1cccc(Cl)c1)CC2. The number of amides is 1. The number of rotatable bonds is 7. The first-order chi connectivity index (χ1) is 15.9. The Balaban J connectivity index is 1.53. The number of halogens is 3. The predicted molar refractivity (Wildman–Crippen MR) is 127 cm³/mol. The molecule has 1 aliphatic rings. The van der Waals surface area contributed by atoms with Crippen molar-refractivity contribution >= 4 is 46.0 Å². The van der Waals surface area contributed by atoms with Crippen LogP contribution in [0.15, 0.2) is 36.4 Å². The van der Waals surface area contributed by atoms with Gasteiger partial charge in [-0.15, -0.1) is 0 Å². The second kappa shape index (κ2) is 10.1. The summed E-state index contributed by atoms with van der Waals surface area (Å²) in [6, 6.07) is 10.1. The van der Waals surface area contributed by atoms with Crippen molar-refractivity contribution in [2.75, 3.05) is 6.61 Å². The van der Waals surface area contributed by atoms with Crippen LogP contribution in [-0.4, -0.2) is 29.1 Å². The van der Waals surface area contributed by atoms with Crippen LogP contribution in [-0.2, 0) is 40.1 Å². The number of aromatic nitrogens is 1. The molecule has 8 heteroatoms. The average molecular weight is 491 g/mol. The van der Waals surface area contributed by atoms with Gasteiger partial charge in [0, 0.05) is 28.6 Å². The lowest BCUT2D eigenvalue weighted by Crippen LogP contribution is -2.39. The number of fused-ring (bicyclic) bond motifs is 3. The molecule has 1 amide bonds. The van der Waals surface area contributed by atoms with Gasteiger partial charge in [-0.25, -0.2) is 4.39 Å². The highest BCUT2D eigenvalue weighted by Gasteiger charge is 2.28. The van der Waals surface area contributed by atoms with Gasteiger partial charge in [-0.1, -0.05) is 35.3 Å². The Labute approximate surface area is 201 Å². The second-order valence-electron chi connectivity index (χ2n) is 8.24. The van der Waals surface area contributed by atoms with Crippen molar-refractivity contribution in [1.82, 2.24) is 9.88 Å². The van der Waals surface area contributed by atoms with Crippen LogP contribution in [0.5, 0.6) is 0 Å². The highest BCUT2D eigenvalue weighted by Crippen LogP contribution is 2.36. The molecule has 0 spiro atoms. The summed E-state index contributed by atoms with van der Waals surface area (Å²) in [6.07, 6.45) is 2.86. The van der Waals surface area contributed by atoms with Gasteiger partial charge in [-0.05, 0) is 68.0 Å². The van der Waals surface area contributed by atoms with Gasteiger partial charge < -0.3 is 14.6 Å². The lowest BCUT2D eigenvalue weighted by atomic mass is 9.91. The molecule has 1 unspecified atom stereocenters. The summed E-state index contributed by atoms with van der Waals surface area (Å²) in [5.74, 6) is -0.840. The smallest absolute Gasteiger partial charge is 0.325 e. The van der Waals surface area contributed by atoms with Crippen molar-refractivity contribution in [1.29, 1.82) is 0 Å². The van der Waals surface area contributed by atoms with E-state index in [0.717, 1.165) is 23.2 Å². The summed E-state index contributed by atoms with van der Waals surface area (Å²) in [5, 5.41) is 4.69. The molecule has 0 saturated carbocycles. The number of nitrogens with zero attached hydrogens (tertiary/aromatic N) is 1. The molecular formula is C25H25Cl2FN2O3. The van der Waals surface area contributed by atoms with E-state index in [4.69, 9.17) is 27.9 Å². The van der Waals surface area contributed by atoms with E-state index in [-0.39, 0.29) is 36.1 Å². The quantitative estimate of drug-likeness (QED) is 0.459. The van der Waals surface area contributed by atoms with Gasteiger partial charge in [0.2, 0.25) is 5.91 Å². The van der Waals surface area contributed by atoms with E-state index >= 15 is 0 Å². The summed E-state index contributed by atoms with van der Waals surface area (Å²) < 4.78 is 21.1. The zero-order valence-corrected chi connectivity index (χ0v) is 19.8. The third-order valence-electron chi connectivity index (χ3n) is 5.96. The normalized spacial score (nSPS) is 15.3. The maximum Gasteiger partial charge on any atom is 0.325 e. The lowest BCUT2D eigenvalue weighted by Gasteiger charge is -2.25. The maximum absolute atomic E-state index is 14.2. The lowest BCUT2D eigenvalue weighted by molar-refractivity contribution is -0.143. The number of carbonyl (C=O) groups is 2. The van der Waals surface area contributed by atoms with Crippen molar-refractivity contribution in [3.05, 3.63) is 69.1 Å². The standard InChI is InChI=1S/C25H25Cl2FN2O3/c1-2-33-24(32)14-30-22-8-7-18(13-19(22)20-11-17(28)12-21(27)25(20)30)29-23(31)9-6-15-4-3-5-16(26)10-15/h3-5,10-12,18H,2,6-9,13-14H2,1H3,(H,29,31). The molecule has 174 valence electrons. The van der Waals surface area contributed by atoms with E-state index in [0.29, 0.717) is 41.6 Å². The van der Waals surface area contributed by atoms with Gasteiger partial charge in [-0.3, -0.25) is 9.59 Å². The molecule has 4 rings (SSSR count). The number of carbonyl (C=O) groups excluding carboxylic acids is 2. The number of hydrogen-bond acceptors (Lipinski definition) is 3. The van der Waals surface area contributed by atoms with Gasteiger partial charge >= 0.3 is 5.97 Å². The topological polar surface area (TPSA) is 60.3 Å². The molecule has 0 fully saturated rings. The van der Waals surface area contributed by atoms with Crippen LogP contribution < -0.4 is 5.32 Å². The first-order valence-corrected chi connectivity index (χ1v) is 11.8. The first kappa shape index (κ1) is 23.6. The Hall–Kier alpha value is -2.57. The van der Waals surface area contributed by atoms with Gasteiger partial charge in [0.15, 0.2) is 0 Å². The van der Waals surface area contributed by atoms with E-state index in [1.165, 1.54) is 12.1 Å². The zero-order chi connectivity index (χ0) is 23.5. The van der Waals surface area contributed by atoms with Crippen LogP contribution in [0.1, 0.15) is 36.6 Å². The summed E-state index contributed by atoms with van der Waals surface area (Å²) in [7, 11) is 0. The Bertz CT molecular complexity index is 1210. The largest absolute Gasteiger partial charge is 0.465 e. The Morgan fingerprint density at radius 1 is 1.24 bits per heavy atom. The molecule has 0 radical (unpaired) electrons. The number of ether oxygens (including phenoxy) is 1. The number of hydrogen-bond donors (Lipinski definition) is 1. The molecule has 1 heterocycles. The minimum atomic E-state index is -0.434. The number of aryl methyl sites for hydroxylation is 1. The fourth-order valence-corrected chi connectivity index (χ4v) is 5.10. The first-order valence-electron chi connectivity index (χ1n) is 11.0. The molecule has 2 aromatic carbocycles. The fourth-order valence-electron chi connectivity index (χ4n) is 4.58. The van der Waals surface area contributed by atoms with Crippen molar-refractivity contribution in [2.45, 2.75) is 51.6 Å².